The number of nitrogens with zero attached hydrogens (tertiary/aromatic N) is 4. The Balaban J connectivity index is 1.67. The van der Waals surface area contributed by atoms with E-state index in [0.29, 0.717) is 22.5 Å². The van der Waals surface area contributed by atoms with E-state index in [9.17, 15) is 10.5 Å². The van der Waals surface area contributed by atoms with Gasteiger partial charge in [0.2, 0.25) is 0 Å². The molecule has 4 nitrogen and oxygen atoms in total. The summed E-state index contributed by atoms with van der Waals surface area (Å²) in [6.45, 7) is 0. The topological polar surface area (TPSA) is 57.4 Å². The van der Waals surface area contributed by atoms with Crippen molar-refractivity contribution in [3.05, 3.63) is 157 Å². The maximum absolute atomic E-state index is 11.2. The molecule has 2 aromatic heterocycles. The smallest absolute Gasteiger partial charge is 0.102 e. The van der Waals surface area contributed by atoms with Crippen LogP contribution < -0.4 is 0 Å². The van der Waals surface area contributed by atoms with E-state index < -0.39 is 0 Å². The van der Waals surface area contributed by atoms with Gasteiger partial charge in [-0.1, -0.05) is 115 Å². The minimum atomic E-state index is 0.507. The second-order valence-corrected chi connectivity index (χ2v) is 10.8. The highest BCUT2D eigenvalue weighted by atomic mass is 15.0. The van der Waals surface area contributed by atoms with Crippen molar-refractivity contribution in [2.45, 2.75) is 0 Å². The summed E-state index contributed by atoms with van der Waals surface area (Å²) in [6, 6.07) is 52.0. The molecule has 0 spiro atoms. The largest absolute Gasteiger partial charge is 0.315 e. The van der Waals surface area contributed by atoms with Crippen molar-refractivity contribution >= 4 is 32.7 Å². The lowest BCUT2D eigenvalue weighted by molar-refractivity contribution is 1.10. The number of rotatable bonds is 4. The van der Waals surface area contributed by atoms with Crippen molar-refractivity contribution in [3.8, 4) is 45.8 Å². The van der Waals surface area contributed by atoms with Crippen LogP contribution in [0.4, 0.5) is 0 Å². The van der Waals surface area contributed by atoms with Gasteiger partial charge in [0.1, 0.15) is 12.1 Å². The molecule has 0 atom stereocenters. The highest BCUT2D eigenvalue weighted by molar-refractivity contribution is 6.11. The molecule has 0 saturated carbocycles. The molecule has 0 aliphatic rings. The summed E-state index contributed by atoms with van der Waals surface area (Å²) in [5.41, 5.74) is 8.52. The van der Waals surface area contributed by atoms with Gasteiger partial charge in [-0.3, -0.25) is 0 Å². The van der Waals surface area contributed by atoms with Crippen molar-refractivity contribution in [3.63, 3.8) is 0 Å². The van der Waals surface area contributed by atoms with Crippen molar-refractivity contribution in [1.29, 1.82) is 10.5 Å². The second kappa shape index (κ2) is 10.2. The van der Waals surface area contributed by atoms with Gasteiger partial charge in [0.25, 0.3) is 0 Å². The normalized spacial score (nSPS) is 11.1. The Morgan fingerprint density at radius 3 is 1.45 bits per heavy atom. The number of hydrogen-bond acceptors (Lipinski definition) is 2. The number of aromatic nitrogens is 2. The Bertz CT molecular complexity index is 2400. The van der Waals surface area contributed by atoms with Crippen LogP contribution in [0.2, 0.25) is 0 Å². The van der Waals surface area contributed by atoms with Gasteiger partial charge in [0, 0.05) is 28.1 Å². The van der Waals surface area contributed by atoms with Gasteiger partial charge in [-0.05, 0) is 40.8 Å². The molecule has 0 aliphatic carbocycles. The van der Waals surface area contributed by atoms with Crippen LogP contribution >= 0.6 is 0 Å². The lowest BCUT2D eigenvalue weighted by atomic mass is 9.86. The number of nitriles is 2. The van der Waals surface area contributed by atoms with Gasteiger partial charge < -0.3 is 9.13 Å². The summed E-state index contributed by atoms with van der Waals surface area (Å²) in [6.07, 6.45) is 2.00. The van der Waals surface area contributed by atoms with Crippen LogP contribution in [0, 0.1) is 22.7 Å². The fourth-order valence-electron chi connectivity index (χ4n) is 6.62. The average Bonchev–Trinajstić information content (AvgIpc) is 3.67. The van der Waals surface area contributed by atoms with Crippen LogP contribution in [0.3, 0.4) is 0 Å². The number of hydrogen-bond donors (Lipinski definition) is 0. The van der Waals surface area contributed by atoms with E-state index >= 15 is 0 Å². The summed E-state index contributed by atoms with van der Waals surface area (Å²) in [4.78, 5) is 0. The Morgan fingerprint density at radius 2 is 0.886 bits per heavy atom. The van der Waals surface area contributed by atoms with E-state index in [2.05, 4.69) is 63.7 Å². The molecule has 0 bridgehead atoms. The Kier molecular flexibility index (Phi) is 5.86. The predicted molar refractivity (Wildman–Crippen MR) is 178 cm³/mol. The Labute approximate surface area is 254 Å². The van der Waals surface area contributed by atoms with Crippen molar-refractivity contribution < 1.29 is 0 Å². The molecule has 0 amide bonds. The SMILES string of the molecule is N#Cc1c(-c2ccccc2)c(-n2c3ccccc3c3ccccc32)c(C#N)c(-c2ccccc2)c1-n1ccc2ccccc21. The van der Waals surface area contributed by atoms with Crippen LogP contribution in [0.1, 0.15) is 11.1 Å². The second-order valence-electron chi connectivity index (χ2n) is 10.8. The molecule has 2 heterocycles. The van der Waals surface area contributed by atoms with Gasteiger partial charge >= 0.3 is 0 Å². The zero-order valence-corrected chi connectivity index (χ0v) is 23.6. The zero-order valence-electron chi connectivity index (χ0n) is 23.6. The van der Waals surface area contributed by atoms with E-state index in [1.807, 2.05) is 103 Å². The third kappa shape index (κ3) is 3.69. The molecule has 0 radical (unpaired) electrons. The molecule has 0 aliphatic heterocycles. The van der Waals surface area contributed by atoms with Crippen LogP contribution in [-0.4, -0.2) is 9.13 Å². The van der Waals surface area contributed by atoms with E-state index in [-0.39, 0.29) is 0 Å². The lowest BCUT2D eigenvalue weighted by Crippen LogP contribution is -2.10. The Hall–Kier alpha value is -6.36. The van der Waals surface area contributed by atoms with Crippen LogP contribution in [0.15, 0.2) is 146 Å². The van der Waals surface area contributed by atoms with Gasteiger partial charge in [-0.15, -0.1) is 0 Å². The summed E-state index contributed by atoms with van der Waals surface area (Å²) < 4.78 is 4.25. The van der Waals surface area contributed by atoms with Crippen LogP contribution in [0.5, 0.6) is 0 Å². The first-order valence-corrected chi connectivity index (χ1v) is 14.5. The summed E-state index contributed by atoms with van der Waals surface area (Å²) in [5.74, 6) is 0. The minimum Gasteiger partial charge on any atom is -0.315 e. The van der Waals surface area contributed by atoms with Gasteiger partial charge in [0.15, 0.2) is 0 Å². The molecule has 8 aromatic rings. The predicted octanol–water partition coefficient (Wildman–Crippen LogP) is 9.80. The first-order chi connectivity index (χ1) is 21.8. The van der Waals surface area contributed by atoms with Crippen LogP contribution in [-0.2, 0) is 0 Å². The van der Waals surface area contributed by atoms with E-state index in [0.717, 1.165) is 55.0 Å². The maximum atomic E-state index is 11.2. The third-order valence-electron chi connectivity index (χ3n) is 8.44. The van der Waals surface area contributed by atoms with Crippen molar-refractivity contribution in [2.75, 3.05) is 0 Å². The van der Waals surface area contributed by atoms with E-state index in [4.69, 9.17) is 0 Å². The van der Waals surface area contributed by atoms with E-state index in [1.54, 1.807) is 0 Å². The zero-order chi connectivity index (χ0) is 29.6. The molecule has 0 saturated heterocycles. The molecule has 204 valence electrons. The highest BCUT2D eigenvalue weighted by Crippen LogP contribution is 2.47. The van der Waals surface area contributed by atoms with Crippen molar-refractivity contribution in [1.82, 2.24) is 9.13 Å². The number of fused-ring (bicyclic) bond motifs is 4. The van der Waals surface area contributed by atoms with E-state index in [1.165, 1.54) is 0 Å². The molecule has 6 aromatic carbocycles. The fourth-order valence-corrected chi connectivity index (χ4v) is 6.62. The fraction of sp³-hybridized carbons (Fsp3) is 0. The lowest BCUT2D eigenvalue weighted by Gasteiger charge is -2.24. The third-order valence-corrected chi connectivity index (χ3v) is 8.44. The van der Waals surface area contributed by atoms with Crippen molar-refractivity contribution in [2.24, 2.45) is 0 Å². The van der Waals surface area contributed by atoms with Gasteiger partial charge in [-0.25, -0.2) is 0 Å². The quantitative estimate of drug-likeness (QED) is 0.215. The Morgan fingerprint density at radius 1 is 0.432 bits per heavy atom. The molecular weight excluding hydrogens is 536 g/mol. The highest BCUT2D eigenvalue weighted by Gasteiger charge is 2.30. The maximum Gasteiger partial charge on any atom is 0.102 e. The molecular formula is C40H24N4. The van der Waals surface area contributed by atoms with Gasteiger partial charge in [0.05, 0.1) is 39.1 Å². The summed E-state index contributed by atoms with van der Waals surface area (Å²) in [7, 11) is 0. The minimum absolute atomic E-state index is 0.507. The van der Waals surface area contributed by atoms with Crippen LogP contribution in [0.25, 0.3) is 66.3 Å². The average molecular weight is 561 g/mol. The number of benzene rings is 6. The summed E-state index contributed by atoms with van der Waals surface area (Å²) >= 11 is 0. The molecule has 44 heavy (non-hydrogen) atoms. The first-order valence-electron chi connectivity index (χ1n) is 14.5. The number of para-hydroxylation sites is 3. The molecule has 8 rings (SSSR count). The molecule has 0 N–H and O–H groups in total. The standard InChI is InChI=1S/C40H24N4/c41-25-32-38(29-16-5-2-6-17-29)40(44-35-21-11-8-18-30(35)31-19-9-12-22-36(31)44)33(26-42)37(28-14-3-1-4-15-28)39(32)43-24-23-27-13-7-10-20-34(27)43/h1-24H. The van der Waals surface area contributed by atoms with Gasteiger partial charge in [-0.2, -0.15) is 10.5 Å². The monoisotopic (exact) mass is 560 g/mol. The first kappa shape index (κ1) is 25.4. The summed E-state index contributed by atoms with van der Waals surface area (Å²) in [5, 5.41) is 25.6. The molecule has 0 fully saturated rings. The molecule has 0 unspecified atom stereocenters. The molecule has 4 heteroatoms.